The van der Waals surface area contributed by atoms with E-state index in [0.717, 1.165) is 48.8 Å². The first-order valence-corrected chi connectivity index (χ1v) is 10.6. The molecule has 0 bridgehead atoms. The van der Waals surface area contributed by atoms with Crippen LogP contribution in [0.2, 0.25) is 0 Å². The number of hydrogen-bond donors (Lipinski definition) is 0. The van der Waals surface area contributed by atoms with Crippen molar-refractivity contribution in [3.05, 3.63) is 52.3 Å². The SMILES string of the molecule is Cc1ccc(-n2c(C)cc(C(=O)CN3CCN(CC(=O)N(C)C)CC3)c2C)cc1C. The van der Waals surface area contributed by atoms with Crippen LogP contribution < -0.4 is 0 Å². The predicted octanol–water partition coefficient (Wildman–Crippen LogP) is 2.60. The first-order valence-electron chi connectivity index (χ1n) is 10.6. The number of rotatable bonds is 6. The number of aromatic nitrogens is 1. The second-order valence-electron chi connectivity index (χ2n) is 8.65. The summed E-state index contributed by atoms with van der Waals surface area (Å²) in [5, 5.41) is 0. The van der Waals surface area contributed by atoms with Crippen LogP contribution >= 0.6 is 0 Å². The zero-order valence-electron chi connectivity index (χ0n) is 19.2. The minimum absolute atomic E-state index is 0.123. The molecule has 6 heteroatoms. The Kier molecular flexibility index (Phi) is 6.78. The molecule has 2 heterocycles. The van der Waals surface area contributed by atoms with Crippen molar-refractivity contribution in [1.29, 1.82) is 0 Å². The number of aryl methyl sites for hydroxylation is 3. The monoisotopic (exact) mass is 410 g/mol. The number of piperazine rings is 1. The maximum absolute atomic E-state index is 13.1. The highest BCUT2D eigenvalue weighted by Gasteiger charge is 2.23. The van der Waals surface area contributed by atoms with Crippen LogP contribution in [0.4, 0.5) is 0 Å². The molecule has 162 valence electrons. The van der Waals surface area contributed by atoms with E-state index in [9.17, 15) is 9.59 Å². The molecule has 1 fully saturated rings. The Morgan fingerprint density at radius 2 is 1.47 bits per heavy atom. The molecule has 6 nitrogen and oxygen atoms in total. The third-order valence-corrected chi connectivity index (χ3v) is 6.17. The fourth-order valence-corrected chi connectivity index (χ4v) is 4.03. The Labute approximate surface area is 180 Å². The summed E-state index contributed by atoms with van der Waals surface area (Å²) in [5.74, 6) is 0.286. The van der Waals surface area contributed by atoms with Crippen molar-refractivity contribution in [2.75, 3.05) is 53.4 Å². The highest BCUT2D eigenvalue weighted by Crippen LogP contribution is 2.23. The third-order valence-electron chi connectivity index (χ3n) is 6.17. The van der Waals surface area contributed by atoms with Crippen LogP contribution in [0.15, 0.2) is 24.3 Å². The zero-order valence-corrected chi connectivity index (χ0v) is 19.2. The van der Waals surface area contributed by atoms with E-state index < -0.39 is 0 Å². The van der Waals surface area contributed by atoms with Gasteiger partial charge in [-0.1, -0.05) is 6.07 Å². The number of Topliss-reactive ketones (excluding diaryl/α,β-unsaturated/α-hetero) is 1. The maximum Gasteiger partial charge on any atom is 0.236 e. The van der Waals surface area contributed by atoms with Crippen molar-refractivity contribution in [2.24, 2.45) is 0 Å². The predicted molar refractivity (Wildman–Crippen MR) is 121 cm³/mol. The van der Waals surface area contributed by atoms with Crippen molar-refractivity contribution in [3.8, 4) is 5.69 Å². The second-order valence-corrected chi connectivity index (χ2v) is 8.65. The molecule has 0 atom stereocenters. The van der Waals surface area contributed by atoms with Crippen LogP contribution in [0.1, 0.15) is 32.9 Å². The Hall–Kier alpha value is -2.44. The largest absolute Gasteiger partial charge is 0.348 e. The smallest absolute Gasteiger partial charge is 0.236 e. The molecule has 2 aromatic rings. The summed E-state index contributed by atoms with van der Waals surface area (Å²) in [6.45, 7) is 12.4. The fraction of sp³-hybridized carbons (Fsp3) is 0.500. The molecule has 0 unspecified atom stereocenters. The molecule has 1 aromatic heterocycles. The lowest BCUT2D eigenvalue weighted by atomic mass is 10.1. The molecule has 1 amide bonds. The van der Waals surface area contributed by atoms with Crippen LogP contribution in [-0.2, 0) is 4.79 Å². The van der Waals surface area contributed by atoms with Gasteiger partial charge in [-0.25, -0.2) is 0 Å². The van der Waals surface area contributed by atoms with Crippen molar-refractivity contribution in [3.63, 3.8) is 0 Å². The van der Waals surface area contributed by atoms with Gasteiger partial charge >= 0.3 is 0 Å². The average molecular weight is 411 g/mol. The summed E-state index contributed by atoms with van der Waals surface area (Å²) in [4.78, 5) is 31.0. The highest BCUT2D eigenvalue weighted by atomic mass is 16.2. The molecule has 30 heavy (non-hydrogen) atoms. The Morgan fingerprint density at radius 1 is 0.867 bits per heavy atom. The molecule has 1 aliphatic rings. The van der Waals surface area contributed by atoms with E-state index in [-0.39, 0.29) is 11.7 Å². The Morgan fingerprint density at radius 3 is 2.03 bits per heavy atom. The van der Waals surface area contributed by atoms with E-state index in [1.54, 1.807) is 19.0 Å². The van der Waals surface area contributed by atoms with Crippen molar-refractivity contribution >= 4 is 11.7 Å². The van der Waals surface area contributed by atoms with Crippen LogP contribution in [0.25, 0.3) is 5.69 Å². The third kappa shape index (κ3) is 4.82. The number of carbonyl (C=O) groups is 2. The van der Waals surface area contributed by atoms with Gasteiger partial charge in [0.05, 0.1) is 13.1 Å². The molecule has 1 aliphatic heterocycles. The molecular formula is C24H34N4O2. The lowest BCUT2D eigenvalue weighted by Gasteiger charge is -2.34. The van der Waals surface area contributed by atoms with Gasteiger partial charge in [-0.15, -0.1) is 0 Å². The van der Waals surface area contributed by atoms with Crippen LogP contribution in [0.3, 0.4) is 0 Å². The second kappa shape index (κ2) is 9.14. The number of benzene rings is 1. The minimum Gasteiger partial charge on any atom is -0.348 e. The first-order chi connectivity index (χ1) is 14.2. The number of carbonyl (C=O) groups excluding carboxylic acids is 2. The van der Waals surface area contributed by atoms with E-state index in [4.69, 9.17) is 0 Å². The molecule has 0 radical (unpaired) electrons. The van der Waals surface area contributed by atoms with Gasteiger partial charge in [0, 0.05) is 62.9 Å². The number of ketones is 1. The average Bonchev–Trinajstić information content (AvgIpc) is 3.00. The molecule has 3 rings (SSSR count). The van der Waals surface area contributed by atoms with Gasteiger partial charge in [-0.05, 0) is 57.0 Å². The van der Waals surface area contributed by atoms with Crippen molar-refractivity contribution < 1.29 is 9.59 Å². The topological polar surface area (TPSA) is 48.8 Å². The van der Waals surface area contributed by atoms with Crippen LogP contribution in [-0.4, -0.2) is 84.3 Å². The van der Waals surface area contributed by atoms with Gasteiger partial charge in [0.1, 0.15) is 0 Å². The van der Waals surface area contributed by atoms with Gasteiger partial charge in [-0.3, -0.25) is 19.4 Å². The van der Waals surface area contributed by atoms with Gasteiger partial charge in [0.15, 0.2) is 5.78 Å². The Balaban J connectivity index is 1.66. The standard InChI is InChI=1S/C24H34N4O2/c1-17-7-8-21(13-18(17)2)28-19(3)14-22(20(28)4)23(29)15-26-9-11-27(12-10-26)16-24(30)25(5)6/h7-8,13-14H,9-12,15-16H2,1-6H3. The quantitative estimate of drug-likeness (QED) is 0.687. The van der Waals surface area contributed by atoms with Gasteiger partial charge in [0.2, 0.25) is 5.91 Å². The van der Waals surface area contributed by atoms with Crippen LogP contribution in [0, 0.1) is 27.7 Å². The first kappa shape index (κ1) is 22.2. The minimum atomic E-state index is 0.123. The van der Waals surface area contributed by atoms with Gasteiger partial charge in [-0.2, -0.15) is 0 Å². The van der Waals surface area contributed by atoms with Crippen molar-refractivity contribution in [1.82, 2.24) is 19.3 Å². The molecule has 1 aromatic carbocycles. The zero-order chi connectivity index (χ0) is 22.0. The normalized spacial score (nSPS) is 15.4. The summed E-state index contributed by atoms with van der Waals surface area (Å²) in [6.07, 6.45) is 0. The molecule has 0 spiro atoms. The van der Waals surface area contributed by atoms with E-state index in [0.29, 0.717) is 13.1 Å². The summed E-state index contributed by atoms with van der Waals surface area (Å²) in [7, 11) is 3.57. The van der Waals surface area contributed by atoms with Gasteiger partial charge < -0.3 is 9.47 Å². The summed E-state index contributed by atoms with van der Waals surface area (Å²) < 4.78 is 2.17. The lowest BCUT2D eigenvalue weighted by Crippen LogP contribution is -2.50. The van der Waals surface area contributed by atoms with Gasteiger partial charge in [0.25, 0.3) is 0 Å². The number of hydrogen-bond acceptors (Lipinski definition) is 4. The lowest BCUT2D eigenvalue weighted by molar-refractivity contribution is -0.130. The summed E-state index contributed by atoms with van der Waals surface area (Å²) >= 11 is 0. The maximum atomic E-state index is 13.1. The van der Waals surface area contributed by atoms with E-state index in [1.165, 1.54) is 11.1 Å². The summed E-state index contributed by atoms with van der Waals surface area (Å²) in [6, 6.07) is 8.44. The fourth-order valence-electron chi connectivity index (χ4n) is 4.03. The van der Waals surface area contributed by atoms with E-state index in [2.05, 4.69) is 53.3 Å². The highest BCUT2D eigenvalue weighted by molar-refractivity contribution is 5.99. The molecular weight excluding hydrogens is 376 g/mol. The number of likely N-dealkylation sites (N-methyl/N-ethyl adjacent to an activating group) is 1. The van der Waals surface area contributed by atoms with E-state index in [1.807, 2.05) is 13.0 Å². The van der Waals surface area contributed by atoms with Crippen LogP contribution in [0.5, 0.6) is 0 Å². The molecule has 0 aliphatic carbocycles. The molecule has 1 saturated heterocycles. The molecule has 0 saturated carbocycles. The van der Waals surface area contributed by atoms with Crippen molar-refractivity contribution in [2.45, 2.75) is 27.7 Å². The summed E-state index contributed by atoms with van der Waals surface area (Å²) in [5.41, 5.74) is 6.49. The van der Waals surface area contributed by atoms with E-state index >= 15 is 0 Å². The number of amides is 1. The molecule has 0 N–H and O–H groups in total. The Bertz CT molecular complexity index is 937. The number of nitrogens with zero attached hydrogens (tertiary/aromatic N) is 4.